The molecule has 1 aromatic carbocycles. The number of anilines is 1. The lowest BCUT2D eigenvalue weighted by Gasteiger charge is -2.15. The van der Waals surface area contributed by atoms with E-state index in [0.29, 0.717) is 5.52 Å². The van der Waals surface area contributed by atoms with E-state index in [2.05, 4.69) is 20.3 Å². The standard InChI is InChI=1S/C19H15ClF2N4O5/c20-7-4-10-17(24-16(7)25-18(28)13-8(21)2-1-3-9(13)22)26-19(23-10)31-12-6-30-14-11(27)5-29-15(12)14/h1-4,11-12,14-15,27H,5-6H2,(H2,23,24,25,26,28)/t11-,12-,14?,15-/m1/s1. The number of carbonyl (C=O) groups excluding carboxylic acids is 1. The SMILES string of the molecule is O=C(Nc1nc2nc(O[C@@H]3COC4[C@H](O)CO[C@@H]43)[nH]c2cc1Cl)c1c(F)cccc1F. The molecular weight excluding hydrogens is 438 g/mol. The molecule has 4 heterocycles. The normalized spacial score (nSPS) is 25.0. The molecule has 3 aromatic rings. The van der Waals surface area contributed by atoms with Crippen LogP contribution in [-0.2, 0) is 9.47 Å². The Kier molecular flexibility index (Phi) is 4.97. The van der Waals surface area contributed by atoms with Gasteiger partial charge in [-0.2, -0.15) is 4.98 Å². The first kappa shape index (κ1) is 20.1. The number of hydrogen-bond donors (Lipinski definition) is 3. The Balaban J connectivity index is 1.37. The van der Waals surface area contributed by atoms with Gasteiger partial charge in [0.1, 0.15) is 35.5 Å². The van der Waals surface area contributed by atoms with Crippen molar-refractivity contribution < 1.29 is 32.9 Å². The number of ether oxygens (including phenoxy) is 3. The Hall–Kier alpha value is -2.86. The van der Waals surface area contributed by atoms with E-state index in [0.717, 1.165) is 18.2 Å². The third-order valence-electron chi connectivity index (χ3n) is 5.07. The van der Waals surface area contributed by atoms with Crippen molar-refractivity contribution in [2.24, 2.45) is 0 Å². The van der Waals surface area contributed by atoms with Crippen LogP contribution in [0.3, 0.4) is 0 Å². The van der Waals surface area contributed by atoms with Crippen LogP contribution in [0.4, 0.5) is 14.6 Å². The summed E-state index contributed by atoms with van der Waals surface area (Å²) in [4.78, 5) is 23.6. The van der Waals surface area contributed by atoms with Crippen molar-refractivity contribution in [3.63, 3.8) is 0 Å². The average Bonchev–Trinajstić information content (AvgIpc) is 3.39. The minimum absolute atomic E-state index is 0.0271. The summed E-state index contributed by atoms with van der Waals surface area (Å²) in [5, 5.41) is 12.1. The molecule has 162 valence electrons. The highest BCUT2D eigenvalue weighted by Crippen LogP contribution is 2.31. The summed E-state index contributed by atoms with van der Waals surface area (Å²) < 4.78 is 44.5. The van der Waals surface area contributed by atoms with Crippen LogP contribution in [0.25, 0.3) is 11.2 Å². The lowest BCUT2D eigenvalue weighted by atomic mass is 10.1. The van der Waals surface area contributed by atoms with Crippen LogP contribution in [-0.4, -0.2) is 63.6 Å². The topological polar surface area (TPSA) is 119 Å². The van der Waals surface area contributed by atoms with Gasteiger partial charge in [0.25, 0.3) is 11.9 Å². The lowest BCUT2D eigenvalue weighted by molar-refractivity contribution is 0.00706. The average molecular weight is 453 g/mol. The van der Waals surface area contributed by atoms with Crippen molar-refractivity contribution in [1.29, 1.82) is 0 Å². The summed E-state index contributed by atoms with van der Waals surface area (Å²) in [6.07, 6.45) is -2.07. The minimum Gasteiger partial charge on any atom is -0.456 e. The molecular formula is C19H15ClF2N4O5. The van der Waals surface area contributed by atoms with Gasteiger partial charge in [0.2, 0.25) is 0 Å². The first-order chi connectivity index (χ1) is 14.9. The number of rotatable bonds is 4. The van der Waals surface area contributed by atoms with Gasteiger partial charge in [-0.3, -0.25) is 4.79 Å². The first-order valence-corrected chi connectivity index (χ1v) is 9.68. The van der Waals surface area contributed by atoms with Gasteiger partial charge in [0, 0.05) is 0 Å². The van der Waals surface area contributed by atoms with Crippen LogP contribution in [0.1, 0.15) is 10.4 Å². The highest BCUT2D eigenvalue weighted by atomic mass is 35.5. The van der Waals surface area contributed by atoms with Crippen LogP contribution in [0.2, 0.25) is 5.02 Å². The number of aliphatic hydroxyl groups excluding tert-OH is 1. The molecule has 2 aliphatic heterocycles. The number of benzene rings is 1. The molecule has 4 atom stereocenters. The molecule has 31 heavy (non-hydrogen) atoms. The molecule has 3 N–H and O–H groups in total. The van der Waals surface area contributed by atoms with E-state index in [1.54, 1.807) is 0 Å². The Morgan fingerprint density at radius 1 is 1.23 bits per heavy atom. The Bertz CT molecular complexity index is 1160. The molecule has 0 spiro atoms. The monoisotopic (exact) mass is 452 g/mol. The second-order valence-electron chi connectivity index (χ2n) is 7.10. The van der Waals surface area contributed by atoms with E-state index in [1.165, 1.54) is 6.07 Å². The summed E-state index contributed by atoms with van der Waals surface area (Å²) in [7, 11) is 0. The van der Waals surface area contributed by atoms with Gasteiger partial charge in [0.15, 0.2) is 17.6 Å². The fourth-order valence-electron chi connectivity index (χ4n) is 3.61. The molecule has 0 radical (unpaired) electrons. The summed E-state index contributed by atoms with van der Waals surface area (Å²) in [5.41, 5.74) is -0.175. The van der Waals surface area contributed by atoms with E-state index >= 15 is 0 Å². The predicted molar refractivity (Wildman–Crippen MR) is 103 cm³/mol. The van der Waals surface area contributed by atoms with Crippen molar-refractivity contribution >= 4 is 34.5 Å². The number of nitrogens with one attached hydrogen (secondary N) is 2. The number of pyridine rings is 1. The maximum absolute atomic E-state index is 13.8. The van der Waals surface area contributed by atoms with Crippen molar-refractivity contribution in [3.05, 3.63) is 46.5 Å². The summed E-state index contributed by atoms with van der Waals surface area (Å²) in [6, 6.07) is 4.65. The summed E-state index contributed by atoms with van der Waals surface area (Å²) in [6.45, 7) is 0.380. The van der Waals surface area contributed by atoms with Gasteiger partial charge >= 0.3 is 0 Å². The van der Waals surface area contributed by atoms with Crippen LogP contribution < -0.4 is 10.1 Å². The smallest absolute Gasteiger partial charge is 0.296 e. The number of fused-ring (bicyclic) bond motifs is 2. The fourth-order valence-corrected chi connectivity index (χ4v) is 3.81. The first-order valence-electron chi connectivity index (χ1n) is 9.30. The number of aromatic nitrogens is 3. The number of nitrogens with zero attached hydrogens (tertiary/aromatic N) is 2. The summed E-state index contributed by atoms with van der Waals surface area (Å²) in [5.74, 6) is -3.18. The maximum atomic E-state index is 13.8. The zero-order valence-corrected chi connectivity index (χ0v) is 16.4. The largest absolute Gasteiger partial charge is 0.456 e. The summed E-state index contributed by atoms with van der Waals surface area (Å²) >= 11 is 6.16. The molecule has 9 nitrogen and oxygen atoms in total. The van der Waals surface area contributed by atoms with E-state index in [-0.39, 0.29) is 35.7 Å². The lowest BCUT2D eigenvalue weighted by Crippen LogP contribution is -2.34. The number of carbonyl (C=O) groups is 1. The van der Waals surface area contributed by atoms with Gasteiger partial charge in [0.05, 0.1) is 23.8 Å². The molecule has 2 aromatic heterocycles. The van der Waals surface area contributed by atoms with Gasteiger partial charge < -0.3 is 29.6 Å². The number of halogens is 3. The van der Waals surface area contributed by atoms with Crippen molar-refractivity contribution in [3.8, 4) is 6.01 Å². The number of aromatic amines is 1. The van der Waals surface area contributed by atoms with Crippen molar-refractivity contribution in [2.75, 3.05) is 18.5 Å². The Labute approximate surface area is 178 Å². The molecule has 0 saturated carbocycles. The number of hydrogen-bond acceptors (Lipinski definition) is 7. The molecule has 1 unspecified atom stereocenters. The highest BCUT2D eigenvalue weighted by Gasteiger charge is 2.48. The number of H-pyrrole nitrogens is 1. The van der Waals surface area contributed by atoms with E-state index in [1.807, 2.05) is 0 Å². The predicted octanol–water partition coefficient (Wildman–Crippen LogP) is 2.05. The van der Waals surface area contributed by atoms with Crippen LogP contribution in [0, 0.1) is 11.6 Å². The fraction of sp³-hybridized carbons (Fsp3) is 0.316. The third kappa shape index (κ3) is 3.59. The Morgan fingerprint density at radius 3 is 2.74 bits per heavy atom. The van der Waals surface area contributed by atoms with E-state index in [9.17, 15) is 18.7 Å². The molecule has 5 rings (SSSR count). The molecule has 2 fully saturated rings. The molecule has 12 heteroatoms. The number of aliphatic hydroxyl groups is 1. The maximum Gasteiger partial charge on any atom is 0.296 e. The van der Waals surface area contributed by atoms with Crippen LogP contribution >= 0.6 is 11.6 Å². The van der Waals surface area contributed by atoms with Gasteiger partial charge in [-0.1, -0.05) is 17.7 Å². The van der Waals surface area contributed by atoms with Gasteiger partial charge in [-0.05, 0) is 18.2 Å². The minimum atomic E-state index is -1.04. The van der Waals surface area contributed by atoms with E-state index in [4.69, 9.17) is 25.8 Å². The van der Waals surface area contributed by atoms with Crippen LogP contribution in [0.5, 0.6) is 6.01 Å². The zero-order chi connectivity index (χ0) is 21.7. The quantitative estimate of drug-likeness (QED) is 0.554. The molecule has 2 saturated heterocycles. The van der Waals surface area contributed by atoms with Crippen LogP contribution in [0.15, 0.2) is 24.3 Å². The third-order valence-corrected chi connectivity index (χ3v) is 5.36. The Morgan fingerprint density at radius 2 is 1.97 bits per heavy atom. The van der Waals surface area contributed by atoms with E-state index < -0.39 is 47.5 Å². The number of amides is 1. The molecule has 0 bridgehead atoms. The van der Waals surface area contributed by atoms with Gasteiger partial charge in [-0.25, -0.2) is 13.8 Å². The van der Waals surface area contributed by atoms with Crippen molar-refractivity contribution in [1.82, 2.24) is 15.0 Å². The van der Waals surface area contributed by atoms with Crippen molar-refractivity contribution in [2.45, 2.75) is 24.4 Å². The molecule has 0 aliphatic carbocycles. The second-order valence-corrected chi connectivity index (χ2v) is 7.51. The second kappa shape index (κ2) is 7.68. The zero-order valence-electron chi connectivity index (χ0n) is 15.6. The number of imidazole rings is 1. The molecule has 2 aliphatic rings. The molecule has 1 amide bonds. The van der Waals surface area contributed by atoms with Gasteiger partial charge in [-0.15, -0.1) is 0 Å². The highest BCUT2D eigenvalue weighted by molar-refractivity contribution is 6.34.